The zero-order chi connectivity index (χ0) is 12.3. The highest BCUT2D eigenvalue weighted by molar-refractivity contribution is 5.98. The molecule has 0 aliphatic heterocycles. The Kier molecular flexibility index (Phi) is 3.90. The van der Waals surface area contributed by atoms with Crippen molar-refractivity contribution in [1.82, 2.24) is 0 Å². The molecule has 2 aliphatic rings. The number of oxime groups is 1. The molecule has 2 rings (SSSR count). The smallest absolute Gasteiger partial charge is 0.0672 e. The van der Waals surface area contributed by atoms with Crippen molar-refractivity contribution in [2.45, 2.75) is 58.8 Å². The van der Waals surface area contributed by atoms with Crippen LogP contribution in [-0.2, 0) is 0 Å². The third kappa shape index (κ3) is 2.14. The highest BCUT2D eigenvalue weighted by Gasteiger charge is 2.55. The van der Waals surface area contributed by atoms with Crippen molar-refractivity contribution in [3.8, 4) is 0 Å². The van der Waals surface area contributed by atoms with E-state index in [1.165, 1.54) is 32.1 Å². The molecule has 1 saturated carbocycles. The summed E-state index contributed by atoms with van der Waals surface area (Å²) < 4.78 is 0. The van der Waals surface area contributed by atoms with Gasteiger partial charge in [-0.25, -0.2) is 0 Å². The van der Waals surface area contributed by atoms with Crippen molar-refractivity contribution in [2.75, 3.05) is 0 Å². The van der Waals surface area contributed by atoms with E-state index in [2.05, 4.69) is 31.2 Å². The SMILES string of the molecule is CCCCCCC1C(=NO)C2(C)CCC=CC12. The number of allylic oxidation sites excluding steroid dienone is 2. The van der Waals surface area contributed by atoms with E-state index in [4.69, 9.17) is 0 Å². The number of hydrogen-bond acceptors (Lipinski definition) is 2. The summed E-state index contributed by atoms with van der Waals surface area (Å²) in [6, 6.07) is 0. The fraction of sp³-hybridized carbons (Fsp3) is 0.800. The third-order valence-electron chi connectivity index (χ3n) is 4.76. The molecule has 0 amide bonds. The Bertz CT molecular complexity index is 321. The lowest BCUT2D eigenvalue weighted by Crippen LogP contribution is -2.56. The predicted molar refractivity (Wildman–Crippen MR) is 71.4 cm³/mol. The van der Waals surface area contributed by atoms with Gasteiger partial charge < -0.3 is 5.21 Å². The molecular weight excluding hydrogens is 210 g/mol. The first-order valence-electron chi connectivity index (χ1n) is 7.13. The van der Waals surface area contributed by atoms with Crippen LogP contribution in [0.15, 0.2) is 17.3 Å². The van der Waals surface area contributed by atoms with Crippen LogP contribution < -0.4 is 0 Å². The lowest BCUT2D eigenvalue weighted by Gasteiger charge is -2.54. The van der Waals surface area contributed by atoms with Crippen LogP contribution in [0.1, 0.15) is 58.8 Å². The average molecular weight is 235 g/mol. The number of rotatable bonds is 5. The van der Waals surface area contributed by atoms with Gasteiger partial charge >= 0.3 is 0 Å². The molecule has 0 aromatic carbocycles. The third-order valence-corrected chi connectivity index (χ3v) is 4.76. The summed E-state index contributed by atoms with van der Waals surface area (Å²) in [6.07, 6.45) is 13.4. The second kappa shape index (κ2) is 5.24. The second-order valence-electron chi connectivity index (χ2n) is 5.85. The largest absolute Gasteiger partial charge is 0.411 e. The van der Waals surface area contributed by atoms with Crippen LogP contribution in [0.25, 0.3) is 0 Å². The van der Waals surface area contributed by atoms with E-state index < -0.39 is 0 Å². The molecule has 3 atom stereocenters. The molecular formula is C15H25NO. The van der Waals surface area contributed by atoms with Gasteiger partial charge in [0.25, 0.3) is 0 Å². The Labute approximate surface area is 105 Å². The molecule has 2 heteroatoms. The first-order chi connectivity index (χ1) is 8.24. The van der Waals surface area contributed by atoms with Crippen LogP contribution >= 0.6 is 0 Å². The van der Waals surface area contributed by atoms with Gasteiger partial charge in [0.15, 0.2) is 0 Å². The lowest BCUT2D eigenvalue weighted by atomic mass is 9.49. The maximum Gasteiger partial charge on any atom is 0.0672 e. The Balaban J connectivity index is 1.94. The molecule has 0 bridgehead atoms. The van der Waals surface area contributed by atoms with Crippen molar-refractivity contribution < 1.29 is 5.21 Å². The molecule has 1 N–H and O–H groups in total. The van der Waals surface area contributed by atoms with Gasteiger partial charge in [-0.2, -0.15) is 0 Å². The molecule has 0 aromatic rings. The molecule has 2 nitrogen and oxygen atoms in total. The van der Waals surface area contributed by atoms with Crippen molar-refractivity contribution in [3.63, 3.8) is 0 Å². The molecule has 96 valence electrons. The lowest BCUT2D eigenvalue weighted by molar-refractivity contribution is 0.147. The normalized spacial score (nSPS) is 37.9. The number of unbranched alkanes of at least 4 members (excludes halogenated alkanes) is 3. The first kappa shape index (κ1) is 12.7. The van der Waals surface area contributed by atoms with Crippen LogP contribution in [0.2, 0.25) is 0 Å². The van der Waals surface area contributed by atoms with Gasteiger partial charge in [0.05, 0.1) is 5.71 Å². The van der Waals surface area contributed by atoms with Gasteiger partial charge in [0.2, 0.25) is 0 Å². The molecule has 17 heavy (non-hydrogen) atoms. The van der Waals surface area contributed by atoms with Crippen molar-refractivity contribution >= 4 is 5.71 Å². The number of hydrogen-bond donors (Lipinski definition) is 1. The van der Waals surface area contributed by atoms with Crippen LogP contribution in [-0.4, -0.2) is 10.9 Å². The standard InChI is InChI=1S/C15H25NO/c1-3-4-5-6-9-12-13-10-7-8-11-15(13,2)14(12)16-17/h7,10,12-13,17H,3-6,8-9,11H2,1-2H3. The summed E-state index contributed by atoms with van der Waals surface area (Å²) >= 11 is 0. The van der Waals surface area contributed by atoms with E-state index in [1.807, 2.05) is 0 Å². The monoisotopic (exact) mass is 235 g/mol. The van der Waals surface area contributed by atoms with Crippen molar-refractivity contribution in [3.05, 3.63) is 12.2 Å². The van der Waals surface area contributed by atoms with E-state index in [-0.39, 0.29) is 5.41 Å². The summed E-state index contributed by atoms with van der Waals surface area (Å²) in [5.74, 6) is 1.14. The minimum absolute atomic E-state index is 0.166. The average Bonchev–Trinajstić information content (AvgIpc) is 2.32. The van der Waals surface area contributed by atoms with Gasteiger partial charge in [0, 0.05) is 11.3 Å². The molecule has 0 heterocycles. The highest BCUT2D eigenvalue weighted by atomic mass is 16.4. The van der Waals surface area contributed by atoms with Crippen LogP contribution in [0.5, 0.6) is 0 Å². The second-order valence-corrected chi connectivity index (χ2v) is 5.85. The molecule has 1 fully saturated rings. The fourth-order valence-electron chi connectivity index (χ4n) is 3.68. The van der Waals surface area contributed by atoms with Crippen molar-refractivity contribution in [1.29, 1.82) is 0 Å². The summed E-state index contributed by atoms with van der Waals surface area (Å²) in [4.78, 5) is 0. The number of nitrogens with zero attached hydrogens (tertiary/aromatic N) is 1. The summed E-state index contributed by atoms with van der Waals surface area (Å²) in [5.41, 5.74) is 1.24. The van der Waals surface area contributed by atoms with Gasteiger partial charge in [-0.05, 0) is 25.2 Å². The predicted octanol–water partition coefficient (Wildman–Crippen LogP) is 4.39. The Morgan fingerprint density at radius 1 is 1.41 bits per heavy atom. The van der Waals surface area contributed by atoms with Crippen LogP contribution in [0.4, 0.5) is 0 Å². The fourth-order valence-corrected chi connectivity index (χ4v) is 3.68. The quantitative estimate of drug-likeness (QED) is 0.326. The van der Waals surface area contributed by atoms with Gasteiger partial charge in [-0.15, -0.1) is 0 Å². The van der Waals surface area contributed by atoms with E-state index in [0.717, 1.165) is 18.6 Å². The van der Waals surface area contributed by atoms with Crippen LogP contribution in [0, 0.1) is 17.3 Å². The Morgan fingerprint density at radius 2 is 2.24 bits per heavy atom. The molecule has 2 aliphatic carbocycles. The zero-order valence-corrected chi connectivity index (χ0v) is 11.2. The van der Waals surface area contributed by atoms with E-state index >= 15 is 0 Å². The van der Waals surface area contributed by atoms with E-state index in [1.54, 1.807) is 0 Å². The minimum atomic E-state index is 0.166. The Morgan fingerprint density at radius 3 is 2.94 bits per heavy atom. The number of fused-ring (bicyclic) bond motifs is 1. The zero-order valence-electron chi connectivity index (χ0n) is 11.2. The Hall–Kier alpha value is -0.790. The van der Waals surface area contributed by atoms with Gasteiger partial charge in [-0.1, -0.05) is 56.8 Å². The van der Waals surface area contributed by atoms with Gasteiger partial charge in [0.1, 0.15) is 0 Å². The molecule has 3 unspecified atom stereocenters. The minimum Gasteiger partial charge on any atom is -0.411 e. The van der Waals surface area contributed by atoms with Crippen LogP contribution in [0.3, 0.4) is 0 Å². The van der Waals surface area contributed by atoms with Gasteiger partial charge in [-0.3, -0.25) is 0 Å². The summed E-state index contributed by atoms with van der Waals surface area (Å²) in [6.45, 7) is 4.50. The molecule has 0 spiro atoms. The first-order valence-corrected chi connectivity index (χ1v) is 7.13. The summed E-state index contributed by atoms with van der Waals surface area (Å²) in [7, 11) is 0. The topological polar surface area (TPSA) is 32.6 Å². The van der Waals surface area contributed by atoms with E-state index in [9.17, 15) is 5.21 Å². The highest BCUT2D eigenvalue weighted by Crippen LogP contribution is 2.55. The summed E-state index contributed by atoms with van der Waals surface area (Å²) in [5, 5.41) is 12.8. The maximum absolute atomic E-state index is 9.23. The van der Waals surface area contributed by atoms with E-state index in [0.29, 0.717) is 11.8 Å². The van der Waals surface area contributed by atoms with Crippen molar-refractivity contribution in [2.24, 2.45) is 22.4 Å². The molecule has 0 saturated heterocycles. The maximum atomic E-state index is 9.23. The molecule has 0 radical (unpaired) electrons. The molecule has 0 aromatic heterocycles.